The Kier molecular flexibility index (Phi) is 5.67. The van der Waals surface area contributed by atoms with E-state index in [2.05, 4.69) is 20.5 Å². The first kappa shape index (κ1) is 17.4. The standard InChI is InChI=1S/C18H25N5O2/c1-22-10-8-20-18(22)16-13-19-7-11-23(16)9-6-17(24)21-14-4-3-5-15(12-14)25-2/h3-5,8,10,12,16,19H,6-7,9,11,13H2,1-2H3,(H,21,24). The summed E-state index contributed by atoms with van der Waals surface area (Å²) in [6.07, 6.45) is 4.22. The number of methoxy groups -OCH3 is 1. The van der Waals surface area contributed by atoms with Crippen molar-refractivity contribution in [1.82, 2.24) is 19.8 Å². The van der Waals surface area contributed by atoms with Gasteiger partial charge in [-0.3, -0.25) is 9.69 Å². The van der Waals surface area contributed by atoms with E-state index in [0.29, 0.717) is 13.0 Å². The van der Waals surface area contributed by atoms with Gasteiger partial charge < -0.3 is 19.9 Å². The number of carbonyl (C=O) groups excluding carboxylic acids is 1. The molecule has 134 valence electrons. The number of nitrogens with one attached hydrogen (secondary N) is 2. The van der Waals surface area contributed by atoms with E-state index in [1.54, 1.807) is 7.11 Å². The lowest BCUT2D eigenvalue weighted by atomic mass is 10.1. The smallest absolute Gasteiger partial charge is 0.225 e. The Morgan fingerprint density at radius 2 is 2.36 bits per heavy atom. The monoisotopic (exact) mass is 343 g/mol. The van der Waals surface area contributed by atoms with E-state index in [1.807, 2.05) is 48.3 Å². The normalized spacial score (nSPS) is 18.1. The quantitative estimate of drug-likeness (QED) is 0.830. The number of hydrogen-bond acceptors (Lipinski definition) is 5. The van der Waals surface area contributed by atoms with Crippen molar-refractivity contribution in [3.05, 3.63) is 42.5 Å². The van der Waals surface area contributed by atoms with Crippen LogP contribution in [-0.4, -0.2) is 53.6 Å². The molecule has 2 aromatic rings. The Labute approximate surface area is 148 Å². The molecule has 0 radical (unpaired) electrons. The zero-order valence-corrected chi connectivity index (χ0v) is 14.7. The average Bonchev–Trinajstić information content (AvgIpc) is 3.06. The molecule has 3 rings (SSSR count). The van der Waals surface area contributed by atoms with Crippen molar-refractivity contribution in [3.63, 3.8) is 0 Å². The van der Waals surface area contributed by atoms with Crippen molar-refractivity contribution in [2.24, 2.45) is 7.05 Å². The van der Waals surface area contributed by atoms with Gasteiger partial charge in [-0.15, -0.1) is 0 Å². The van der Waals surface area contributed by atoms with Crippen molar-refractivity contribution in [3.8, 4) is 5.75 Å². The fourth-order valence-corrected chi connectivity index (χ4v) is 3.14. The molecular weight excluding hydrogens is 318 g/mol. The van der Waals surface area contributed by atoms with Crippen LogP contribution in [0.2, 0.25) is 0 Å². The first-order valence-electron chi connectivity index (χ1n) is 8.53. The van der Waals surface area contributed by atoms with Crippen LogP contribution in [-0.2, 0) is 11.8 Å². The molecule has 0 spiro atoms. The summed E-state index contributed by atoms with van der Waals surface area (Å²) in [5.41, 5.74) is 0.755. The Morgan fingerprint density at radius 3 is 3.12 bits per heavy atom. The molecule has 1 atom stereocenters. The molecule has 1 amide bonds. The van der Waals surface area contributed by atoms with Crippen LogP contribution in [0.1, 0.15) is 18.3 Å². The molecule has 0 bridgehead atoms. The van der Waals surface area contributed by atoms with Gasteiger partial charge in [0.25, 0.3) is 0 Å². The molecule has 1 fully saturated rings. The number of piperazine rings is 1. The zero-order valence-electron chi connectivity index (χ0n) is 14.7. The van der Waals surface area contributed by atoms with E-state index in [1.165, 1.54) is 0 Å². The van der Waals surface area contributed by atoms with Crippen molar-refractivity contribution in [2.75, 3.05) is 38.6 Å². The third-order valence-corrected chi connectivity index (χ3v) is 4.49. The maximum Gasteiger partial charge on any atom is 0.225 e. The molecule has 0 saturated carbocycles. The van der Waals surface area contributed by atoms with Crippen molar-refractivity contribution in [2.45, 2.75) is 12.5 Å². The summed E-state index contributed by atoms with van der Waals surface area (Å²) in [7, 11) is 3.62. The summed E-state index contributed by atoms with van der Waals surface area (Å²) in [6, 6.07) is 7.59. The molecule has 2 heterocycles. The fraction of sp³-hybridized carbons (Fsp3) is 0.444. The molecule has 1 aliphatic heterocycles. The largest absolute Gasteiger partial charge is 0.497 e. The van der Waals surface area contributed by atoms with E-state index < -0.39 is 0 Å². The lowest BCUT2D eigenvalue weighted by molar-refractivity contribution is -0.116. The summed E-state index contributed by atoms with van der Waals surface area (Å²) >= 11 is 0. The molecule has 1 aliphatic rings. The molecule has 2 N–H and O–H groups in total. The van der Waals surface area contributed by atoms with Gasteiger partial charge in [0.15, 0.2) is 0 Å². The van der Waals surface area contributed by atoms with Gasteiger partial charge >= 0.3 is 0 Å². The minimum Gasteiger partial charge on any atom is -0.497 e. The Hall–Kier alpha value is -2.38. The molecule has 25 heavy (non-hydrogen) atoms. The second-order valence-corrected chi connectivity index (χ2v) is 6.18. The summed E-state index contributed by atoms with van der Waals surface area (Å²) in [5, 5.41) is 6.35. The number of aromatic nitrogens is 2. The highest BCUT2D eigenvalue weighted by Gasteiger charge is 2.26. The van der Waals surface area contributed by atoms with E-state index in [-0.39, 0.29) is 11.9 Å². The number of ether oxygens (including phenoxy) is 1. The number of nitrogens with zero attached hydrogens (tertiary/aromatic N) is 3. The van der Waals surface area contributed by atoms with Gasteiger partial charge in [-0.25, -0.2) is 4.98 Å². The highest BCUT2D eigenvalue weighted by molar-refractivity contribution is 5.91. The minimum absolute atomic E-state index is 0.00498. The van der Waals surface area contributed by atoms with Gasteiger partial charge in [-0.05, 0) is 12.1 Å². The molecular formula is C18H25N5O2. The summed E-state index contributed by atoms with van der Waals surface area (Å²) in [6.45, 7) is 3.39. The van der Waals surface area contributed by atoms with Gasteiger partial charge in [0.1, 0.15) is 11.6 Å². The predicted molar refractivity (Wildman–Crippen MR) is 96.6 cm³/mol. The van der Waals surface area contributed by atoms with Crippen LogP contribution in [0.4, 0.5) is 5.69 Å². The molecule has 7 heteroatoms. The molecule has 1 saturated heterocycles. The van der Waals surface area contributed by atoms with E-state index in [4.69, 9.17) is 4.74 Å². The molecule has 1 aromatic carbocycles. The van der Waals surface area contributed by atoms with Crippen LogP contribution in [0.3, 0.4) is 0 Å². The van der Waals surface area contributed by atoms with Gasteiger partial charge in [0.2, 0.25) is 5.91 Å². The molecule has 1 unspecified atom stereocenters. The van der Waals surface area contributed by atoms with Crippen molar-refractivity contribution >= 4 is 11.6 Å². The average molecular weight is 343 g/mol. The van der Waals surface area contributed by atoms with Crippen LogP contribution >= 0.6 is 0 Å². The van der Waals surface area contributed by atoms with E-state index >= 15 is 0 Å². The SMILES string of the molecule is COc1cccc(NC(=O)CCN2CCNCC2c2nccn2C)c1. The number of anilines is 1. The maximum atomic E-state index is 12.3. The zero-order chi connectivity index (χ0) is 17.6. The van der Waals surface area contributed by atoms with Crippen LogP contribution < -0.4 is 15.4 Å². The summed E-state index contributed by atoms with van der Waals surface area (Å²) in [4.78, 5) is 19.1. The van der Waals surface area contributed by atoms with E-state index in [9.17, 15) is 4.79 Å². The number of carbonyl (C=O) groups is 1. The lowest BCUT2D eigenvalue weighted by Gasteiger charge is -2.35. The summed E-state index contributed by atoms with van der Waals surface area (Å²) < 4.78 is 7.23. The fourth-order valence-electron chi connectivity index (χ4n) is 3.14. The molecule has 0 aliphatic carbocycles. The van der Waals surface area contributed by atoms with Gasteiger partial charge in [0, 0.05) is 63.8 Å². The van der Waals surface area contributed by atoms with Crippen LogP contribution in [0.25, 0.3) is 0 Å². The highest BCUT2D eigenvalue weighted by Crippen LogP contribution is 2.21. The van der Waals surface area contributed by atoms with Crippen molar-refractivity contribution in [1.29, 1.82) is 0 Å². The predicted octanol–water partition coefficient (Wildman–Crippen LogP) is 1.40. The first-order valence-corrected chi connectivity index (χ1v) is 8.53. The third kappa shape index (κ3) is 4.37. The van der Waals surface area contributed by atoms with Gasteiger partial charge in [-0.2, -0.15) is 0 Å². The Balaban J connectivity index is 1.57. The van der Waals surface area contributed by atoms with Crippen LogP contribution in [0.5, 0.6) is 5.75 Å². The second-order valence-electron chi connectivity index (χ2n) is 6.18. The number of amides is 1. The van der Waals surface area contributed by atoms with Gasteiger partial charge in [0.05, 0.1) is 13.2 Å². The maximum absolute atomic E-state index is 12.3. The number of hydrogen-bond donors (Lipinski definition) is 2. The number of aryl methyl sites for hydroxylation is 1. The summed E-state index contributed by atoms with van der Waals surface area (Å²) in [5.74, 6) is 1.76. The molecule has 1 aromatic heterocycles. The third-order valence-electron chi connectivity index (χ3n) is 4.49. The first-order chi connectivity index (χ1) is 12.2. The van der Waals surface area contributed by atoms with Crippen LogP contribution in [0, 0.1) is 0 Å². The Morgan fingerprint density at radius 1 is 1.48 bits per heavy atom. The molecule has 7 nitrogen and oxygen atoms in total. The van der Waals surface area contributed by atoms with Crippen LogP contribution in [0.15, 0.2) is 36.7 Å². The number of benzene rings is 1. The van der Waals surface area contributed by atoms with Gasteiger partial charge in [-0.1, -0.05) is 6.07 Å². The minimum atomic E-state index is 0.00498. The number of imidazole rings is 1. The van der Waals surface area contributed by atoms with E-state index in [0.717, 1.165) is 36.9 Å². The highest BCUT2D eigenvalue weighted by atomic mass is 16.5. The number of rotatable bonds is 6. The lowest BCUT2D eigenvalue weighted by Crippen LogP contribution is -2.47. The Bertz CT molecular complexity index is 715. The van der Waals surface area contributed by atoms with Crippen molar-refractivity contribution < 1.29 is 9.53 Å². The second kappa shape index (κ2) is 8.13. The topological polar surface area (TPSA) is 71.4 Å².